The summed E-state index contributed by atoms with van der Waals surface area (Å²) in [6, 6.07) is 6.99. The van der Waals surface area contributed by atoms with Crippen molar-refractivity contribution >= 4 is 27.8 Å². The number of alkyl halides is 1. The van der Waals surface area contributed by atoms with Crippen LogP contribution in [0.3, 0.4) is 0 Å². The van der Waals surface area contributed by atoms with E-state index in [0.717, 1.165) is 5.56 Å². The van der Waals surface area contributed by atoms with Crippen LogP contribution in [0.25, 0.3) is 0 Å². The third kappa shape index (κ3) is 3.71. The molecular weight excluding hydrogens is 262 g/mol. The Kier molecular flexibility index (Phi) is 4.30. The van der Waals surface area contributed by atoms with Crippen molar-refractivity contribution in [1.29, 1.82) is 0 Å². The first-order valence-electron chi connectivity index (χ1n) is 4.28. The zero-order chi connectivity index (χ0) is 11.3. The molecule has 0 unspecified atom stereocenters. The summed E-state index contributed by atoms with van der Waals surface area (Å²) in [5, 5.41) is 11.3. The molecular formula is C10H10BrNO3. The fraction of sp³-hybridized carbons (Fsp3) is 0.200. The summed E-state index contributed by atoms with van der Waals surface area (Å²) in [6.45, 7) is -0.364. The highest BCUT2D eigenvalue weighted by molar-refractivity contribution is 9.08. The monoisotopic (exact) mass is 271 g/mol. The molecule has 1 rings (SSSR count). The number of nitrogens with one attached hydrogen (secondary N) is 1. The van der Waals surface area contributed by atoms with Crippen LogP contribution in [-0.2, 0) is 10.1 Å². The third-order valence-corrected chi connectivity index (χ3v) is 2.39. The molecule has 0 radical (unpaired) electrons. The molecule has 0 aliphatic carbocycles. The summed E-state index contributed by atoms with van der Waals surface area (Å²) in [6.07, 6.45) is 0. The van der Waals surface area contributed by atoms with Gasteiger partial charge in [0.25, 0.3) is 5.91 Å². The number of carbonyl (C=O) groups excluding carboxylic acids is 1. The van der Waals surface area contributed by atoms with E-state index in [1.165, 1.54) is 0 Å². The van der Waals surface area contributed by atoms with Crippen LogP contribution in [0.15, 0.2) is 24.3 Å². The molecule has 80 valence electrons. The fourth-order valence-corrected chi connectivity index (χ4v) is 1.40. The van der Waals surface area contributed by atoms with Gasteiger partial charge >= 0.3 is 5.97 Å². The standard InChI is InChI=1S/C10H10BrNO3/c11-5-7-2-1-3-8(4-7)10(15)12-6-9(13)14/h1-4H,5-6H2,(H,12,15)(H,13,14). The quantitative estimate of drug-likeness (QED) is 0.814. The summed E-state index contributed by atoms with van der Waals surface area (Å²) < 4.78 is 0. The van der Waals surface area contributed by atoms with Crippen LogP contribution in [0.4, 0.5) is 0 Å². The van der Waals surface area contributed by atoms with Gasteiger partial charge in [0.1, 0.15) is 6.54 Å². The second-order valence-corrected chi connectivity index (χ2v) is 3.47. The number of benzene rings is 1. The highest BCUT2D eigenvalue weighted by Gasteiger charge is 2.06. The molecule has 0 saturated heterocycles. The molecule has 0 heterocycles. The molecule has 2 N–H and O–H groups in total. The van der Waals surface area contributed by atoms with E-state index in [1.54, 1.807) is 18.2 Å². The topological polar surface area (TPSA) is 66.4 Å². The molecule has 5 heteroatoms. The van der Waals surface area contributed by atoms with Gasteiger partial charge in [-0.1, -0.05) is 28.1 Å². The highest BCUT2D eigenvalue weighted by atomic mass is 79.9. The van der Waals surface area contributed by atoms with E-state index in [-0.39, 0.29) is 12.5 Å². The van der Waals surface area contributed by atoms with Crippen molar-refractivity contribution in [3.63, 3.8) is 0 Å². The van der Waals surface area contributed by atoms with Crippen LogP contribution in [0.2, 0.25) is 0 Å². The minimum Gasteiger partial charge on any atom is -0.480 e. The Morgan fingerprint density at radius 3 is 2.73 bits per heavy atom. The second-order valence-electron chi connectivity index (χ2n) is 2.91. The number of hydrogen-bond acceptors (Lipinski definition) is 2. The fourth-order valence-electron chi connectivity index (χ4n) is 1.05. The number of hydrogen-bond donors (Lipinski definition) is 2. The van der Waals surface area contributed by atoms with E-state index in [9.17, 15) is 9.59 Å². The lowest BCUT2D eigenvalue weighted by molar-refractivity contribution is -0.135. The average Bonchev–Trinajstić information content (AvgIpc) is 2.26. The van der Waals surface area contributed by atoms with Crippen LogP contribution in [0.1, 0.15) is 15.9 Å². The Hall–Kier alpha value is -1.36. The van der Waals surface area contributed by atoms with E-state index in [0.29, 0.717) is 10.9 Å². The van der Waals surface area contributed by atoms with E-state index in [2.05, 4.69) is 21.2 Å². The molecule has 0 fully saturated rings. The van der Waals surface area contributed by atoms with Crippen LogP contribution in [0, 0.1) is 0 Å². The molecule has 15 heavy (non-hydrogen) atoms. The molecule has 0 atom stereocenters. The van der Waals surface area contributed by atoms with Crippen molar-refractivity contribution in [1.82, 2.24) is 5.32 Å². The lowest BCUT2D eigenvalue weighted by Gasteiger charge is -2.03. The summed E-state index contributed by atoms with van der Waals surface area (Å²) in [7, 11) is 0. The predicted octanol–water partition coefficient (Wildman–Crippen LogP) is 1.40. The highest BCUT2D eigenvalue weighted by Crippen LogP contribution is 2.08. The Bertz CT molecular complexity index is 379. The summed E-state index contributed by atoms with van der Waals surface area (Å²) in [4.78, 5) is 21.7. The third-order valence-electron chi connectivity index (χ3n) is 1.74. The molecule has 0 bridgehead atoms. The Labute approximate surface area is 95.4 Å². The Morgan fingerprint density at radius 1 is 1.40 bits per heavy atom. The van der Waals surface area contributed by atoms with Gasteiger partial charge < -0.3 is 10.4 Å². The Balaban J connectivity index is 2.69. The second kappa shape index (κ2) is 5.50. The van der Waals surface area contributed by atoms with Crippen molar-refractivity contribution in [2.75, 3.05) is 6.54 Å². The zero-order valence-corrected chi connectivity index (χ0v) is 9.45. The van der Waals surface area contributed by atoms with Gasteiger partial charge in [-0.15, -0.1) is 0 Å². The van der Waals surface area contributed by atoms with Crippen LogP contribution in [-0.4, -0.2) is 23.5 Å². The lowest BCUT2D eigenvalue weighted by atomic mass is 10.1. The van der Waals surface area contributed by atoms with Gasteiger partial charge in [-0.05, 0) is 17.7 Å². The smallest absolute Gasteiger partial charge is 0.322 e. The van der Waals surface area contributed by atoms with Crippen molar-refractivity contribution in [2.45, 2.75) is 5.33 Å². The number of halogens is 1. The van der Waals surface area contributed by atoms with Gasteiger partial charge in [0.2, 0.25) is 0 Å². The number of carboxylic acid groups (broad SMARTS) is 1. The molecule has 0 aliphatic rings. The Morgan fingerprint density at radius 2 is 2.13 bits per heavy atom. The maximum Gasteiger partial charge on any atom is 0.322 e. The molecule has 1 amide bonds. The largest absolute Gasteiger partial charge is 0.480 e. The molecule has 0 aromatic heterocycles. The van der Waals surface area contributed by atoms with Gasteiger partial charge in [0, 0.05) is 10.9 Å². The lowest BCUT2D eigenvalue weighted by Crippen LogP contribution is -2.29. The van der Waals surface area contributed by atoms with Gasteiger partial charge in [-0.3, -0.25) is 9.59 Å². The molecule has 0 saturated carbocycles. The van der Waals surface area contributed by atoms with E-state index in [1.807, 2.05) is 6.07 Å². The number of carboxylic acids is 1. The molecule has 0 spiro atoms. The van der Waals surface area contributed by atoms with Gasteiger partial charge in [0.05, 0.1) is 0 Å². The van der Waals surface area contributed by atoms with Crippen LogP contribution >= 0.6 is 15.9 Å². The minimum absolute atomic E-state index is 0.364. The van der Waals surface area contributed by atoms with Crippen molar-refractivity contribution in [3.05, 3.63) is 35.4 Å². The first-order valence-corrected chi connectivity index (χ1v) is 5.40. The van der Waals surface area contributed by atoms with E-state index in [4.69, 9.17) is 5.11 Å². The van der Waals surface area contributed by atoms with Crippen molar-refractivity contribution in [2.24, 2.45) is 0 Å². The molecule has 1 aromatic rings. The molecule has 0 aliphatic heterocycles. The summed E-state index contributed by atoms with van der Waals surface area (Å²) in [5.41, 5.74) is 1.44. The van der Waals surface area contributed by atoms with Gasteiger partial charge in [-0.2, -0.15) is 0 Å². The van der Waals surface area contributed by atoms with Crippen LogP contribution in [0.5, 0.6) is 0 Å². The van der Waals surface area contributed by atoms with Crippen LogP contribution < -0.4 is 5.32 Å². The number of carbonyl (C=O) groups is 2. The number of amides is 1. The van der Waals surface area contributed by atoms with Crippen molar-refractivity contribution in [3.8, 4) is 0 Å². The molecule has 1 aromatic carbocycles. The maximum absolute atomic E-state index is 11.4. The molecule has 4 nitrogen and oxygen atoms in total. The average molecular weight is 272 g/mol. The summed E-state index contributed by atoms with van der Waals surface area (Å²) in [5.74, 6) is -1.43. The van der Waals surface area contributed by atoms with Gasteiger partial charge in [-0.25, -0.2) is 0 Å². The SMILES string of the molecule is O=C(O)CNC(=O)c1cccc(CBr)c1. The zero-order valence-electron chi connectivity index (χ0n) is 7.87. The maximum atomic E-state index is 11.4. The van der Waals surface area contributed by atoms with Gasteiger partial charge in [0.15, 0.2) is 0 Å². The normalized spacial score (nSPS) is 9.67. The summed E-state index contributed by atoms with van der Waals surface area (Å²) >= 11 is 3.28. The van der Waals surface area contributed by atoms with Crippen molar-refractivity contribution < 1.29 is 14.7 Å². The first kappa shape index (κ1) is 11.7. The van der Waals surface area contributed by atoms with E-state index < -0.39 is 5.97 Å². The minimum atomic E-state index is -1.06. The first-order chi connectivity index (χ1) is 7.13. The number of aliphatic carboxylic acids is 1. The predicted molar refractivity (Wildman–Crippen MR) is 59.0 cm³/mol. The van der Waals surface area contributed by atoms with E-state index >= 15 is 0 Å². The number of rotatable bonds is 4.